The van der Waals surface area contributed by atoms with Gasteiger partial charge >= 0.3 is 0 Å². The molecule has 0 spiro atoms. The van der Waals surface area contributed by atoms with Crippen LogP contribution in [0.5, 0.6) is 5.75 Å². The summed E-state index contributed by atoms with van der Waals surface area (Å²) in [7, 11) is 0. The third-order valence-electron chi connectivity index (χ3n) is 5.23. The Bertz CT molecular complexity index is 1060. The van der Waals surface area contributed by atoms with Crippen LogP contribution in [0.1, 0.15) is 17.5 Å². The van der Waals surface area contributed by atoms with Crippen molar-refractivity contribution in [3.63, 3.8) is 0 Å². The van der Waals surface area contributed by atoms with Crippen molar-refractivity contribution in [2.24, 2.45) is 10.7 Å². The van der Waals surface area contributed by atoms with Gasteiger partial charge in [-0.15, -0.1) is 0 Å². The van der Waals surface area contributed by atoms with Crippen LogP contribution in [-0.4, -0.2) is 64.9 Å². The number of phenolic OH excluding ortho intramolecular Hbond substituents is 1. The van der Waals surface area contributed by atoms with Gasteiger partial charge in [0.05, 0.1) is 29.2 Å². The van der Waals surface area contributed by atoms with E-state index in [2.05, 4.69) is 27.9 Å². The third kappa shape index (κ3) is 3.57. The van der Waals surface area contributed by atoms with Crippen LogP contribution in [0, 0.1) is 10.1 Å². The first-order valence-electron chi connectivity index (χ1n) is 9.15. The number of benzene rings is 1. The smallest absolute Gasteiger partial charge is 0.269 e. The van der Waals surface area contributed by atoms with Crippen molar-refractivity contribution in [2.45, 2.75) is 35.8 Å². The van der Waals surface area contributed by atoms with E-state index in [0.717, 1.165) is 18.2 Å². The van der Waals surface area contributed by atoms with Gasteiger partial charge in [-0.3, -0.25) is 14.7 Å². The van der Waals surface area contributed by atoms with Crippen molar-refractivity contribution in [1.82, 2.24) is 9.55 Å². The first kappa shape index (κ1) is 21.3. The van der Waals surface area contributed by atoms with Crippen LogP contribution in [0.3, 0.4) is 0 Å². The van der Waals surface area contributed by atoms with Gasteiger partial charge in [0.1, 0.15) is 23.4 Å². The minimum absolute atomic E-state index is 0.0266. The quantitative estimate of drug-likeness (QED) is 0.171. The van der Waals surface area contributed by atoms with Gasteiger partial charge in [0.2, 0.25) is 5.72 Å². The van der Waals surface area contributed by atoms with Gasteiger partial charge in [0.25, 0.3) is 5.69 Å². The summed E-state index contributed by atoms with van der Waals surface area (Å²) in [5.74, 6) is -0.236. The maximum Gasteiger partial charge on any atom is 0.269 e. The van der Waals surface area contributed by atoms with E-state index in [1.54, 1.807) is 0 Å². The number of nitrogens with one attached hydrogen (secondary N) is 1. The number of rotatable bonds is 5. The number of non-ortho nitro benzene ring substituents is 1. The minimum atomic E-state index is -2.05. The Kier molecular flexibility index (Phi) is 5.26. The zero-order chi connectivity index (χ0) is 22.5. The number of phenols is 1. The maximum atomic E-state index is 11.3. The van der Waals surface area contributed by atoms with Crippen LogP contribution >= 0.6 is 12.6 Å². The Morgan fingerprint density at radius 2 is 2.19 bits per heavy atom. The molecule has 2 aliphatic heterocycles. The van der Waals surface area contributed by atoms with Gasteiger partial charge in [0.15, 0.2) is 12.2 Å². The molecule has 4 rings (SSSR count). The number of imidazole rings is 1. The summed E-state index contributed by atoms with van der Waals surface area (Å²) >= 11 is 4.36. The molecule has 0 aliphatic carbocycles. The lowest BCUT2D eigenvalue weighted by Crippen LogP contribution is -2.39. The molecule has 14 heteroatoms. The van der Waals surface area contributed by atoms with Crippen LogP contribution in [-0.2, 0) is 16.9 Å². The molecule has 7 N–H and O–H groups in total. The Hall–Kier alpha value is -2.91. The van der Waals surface area contributed by atoms with Crippen molar-refractivity contribution in [2.75, 3.05) is 11.9 Å². The molecule has 2 aromatic rings. The fraction of sp³-hybridized carbons (Fsp3) is 0.412. The largest absolute Gasteiger partial charge is 0.508 e. The number of ether oxygens (including phenoxy) is 1. The first-order valence-corrected chi connectivity index (χ1v) is 9.67. The van der Waals surface area contributed by atoms with Crippen LogP contribution in [0.4, 0.5) is 11.5 Å². The molecular weight excluding hydrogens is 432 g/mol. The van der Waals surface area contributed by atoms with Crippen molar-refractivity contribution >= 4 is 30.1 Å². The maximum absolute atomic E-state index is 11.3. The van der Waals surface area contributed by atoms with Crippen LogP contribution in [0.2, 0.25) is 0 Å². The normalized spacial score (nSPS) is 29.9. The number of nitrogens with two attached hydrogens (primary N) is 1. The highest BCUT2D eigenvalue weighted by Gasteiger charge is 2.46. The number of aromatic nitrogens is 2. The molecule has 166 valence electrons. The zero-order valence-electron chi connectivity index (χ0n) is 15.9. The average Bonchev–Trinajstić information content (AvgIpc) is 3.25. The van der Waals surface area contributed by atoms with Gasteiger partial charge in [-0.1, -0.05) is 0 Å². The highest BCUT2D eigenvalue weighted by Crippen LogP contribution is 2.41. The van der Waals surface area contributed by atoms with Gasteiger partial charge < -0.3 is 36.2 Å². The highest BCUT2D eigenvalue weighted by atomic mass is 32.1. The number of thiol groups is 1. The number of nitrogens with zero attached hydrogens (tertiary/aromatic N) is 4. The molecular formula is C17H20N6O7S. The van der Waals surface area contributed by atoms with Crippen molar-refractivity contribution in [1.29, 1.82) is 0 Å². The lowest BCUT2D eigenvalue weighted by atomic mass is 9.97. The zero-order valence-corrected chi connectivity index (χ0v) is 16.8. The van der Waals surface area contributed by atoms with Gasteiger partial charge in [-0.25, -0.2) is 9.98 Å². The molecule has 1 fully saturated rings. The van der Waals surface area contributed by atoms with Crippen molar-refractivity contribution in [3.05, 3.63) is 45.9 Å². The number of anilines is 1. The molecule has 1 saturated heterocycles. The van der Waals surface area contributed by atoms with Crippen molar-refractivity contribution < 1.29 is 30.1 Å². The summed E-state index contributed by atoms with van der Waals surface area (Å²) in [5.41, 5.74) is 3.62. The number of aliphatic hydroxyl groups excluding tert-OH is 2. The number of hydrogen-bond donors (Lipinski definition) is 7. The topological polar surface area (TPSA) is 202 Å². The van der Waals surface area contributed by atoms with Crippen LogP contribution in [0.15, 0.2) is 29.5 Å². The molecule has 1 unspecified atom stereocenters. The predicted octanol–water partition coefficient (Wildman–Crippen LogP) is -0.826. The summed E-state index contributed by atoms with van der Waals surface area (Å²) < 4.78 is 7.11. The molecule has 1 aromatic heterocycles. The fourth-order valence-corrected chi connectivity index (χ4v) is 4.10. The summed E-state index contributed by atoms with van der Waals surface area (Å²) in [6, 6.07) is 3.42. The average molecular weight is 452 g/mol. The first-order chi connectivity index (χ1) is 14.6. The SMILES string of the molecule is NC1=NC(O)(Cc2cc([N+](=O)[O-])ccc2O)c2ncn([C@@H]3O[C@H](CO)[C@@H](O)[C@H]3S)c2N1. The van der Waals surface area contributed by atoms with Gasteiger partial charge in [0, 0.05) is 24.1 Å². The summed E-state index contributed by atoms with van der Waals surface area (Å²) in [5, 5.41) is 54.1. The van der Waals surface area contributed by atoms with E-state index >= 15 is 0 Å². The Morgan fingerprint density at radius 3 is 2.84 bits per heavy atom. The summed E-state index contributed by atoms with van der Waals surface area (Å²) in [6.45, 7) is -0.418. The summed E-state index contributed by atoms with van der Waals surface area (Å²) in [4.78, 5) is 18.7. The minimum Gasteiger partial charge on any atom is -0.508 e. The number of aromatic hydroxyl groups is 1. The number of guanidine groups is 1. The van der Waals surface area contributed by atoms with E-state index in [-0.39, 0.29) is 40.9 Å². The monoisotopic (exact) mass is 452 g/mol. The molecule has 13 nitrogen and oxygen atoms in total. The molecule has 0 bridgehead atoms. The molecule has 1 aromatic carbocycles. The Morgan fingerprint density at radius 1 is 1.45 bits per heavy atom. The molecule has 3 heterocycles. The van der Waals surface area contributed by atoms with E-state index in [0.29, 0.717) is 0 Å². The number of hydrogen-bond acceptors (Lipinski definition) is 12. The molecule has 31 heavy (non-hydrogen) atoms. The lowest BCUT2D eigenvalue weighted by molar-refractivity contribution is -0.385. The molecule has 0 radical (unpaired) electrons. The van der Waals surface area contributed by atoms with E-state index in [9.17, 15) is 30.5 Å². The molecule has 5 atom stereocenters. The summed E-state index contributed by atoms with van der Waals surface area (Å²) in [6.07, 6.45) is -1.79. The van der Waals surface area contributed by atoms with Gasteiger partial charge in [-0.05, 0) is 6.07 Å². The number of aliphatic hydroxyl groups is 3. The molecule has 2 aliphatic rings. The fourth-order valence-electron chi connectivity index (χ4n) is 3.70. The number of aliphatic imine (C=N–C) groups is 1. The second-order valence-corrected chi connectivity index (χ2v) is 7.86. The van der Waals surface area contributed by atoms with Crippen molar-refractivity contribution in [3.8, 4) is 5.75 Å². The second-order valence-electron chi connectivity index (χ2n) is 7.26. The number of nitro benzene ring substituents is 1. The van der Waals surface area contributed by atoms with Crippen LogP contribution < -0.4 is 11.1 Å². The van der Waals surface area contributed by atoms with E-state index in [4.69, 9.17) is 10.5 Å². The number of fused-ring (bicyclic) bond motifs is 1. The van der Waals surface area contributed by atoms with Crippen LogP contribution in [0.25, 0.3) is 0 Å². The van der Waals surface area contributed by atoms with Gasteiger partial charge in [-0.2, -0.15) is 12.6 Å². The molecule has 0 saturated carbocycles. The Labute approximate surface area is 180 Å². The second kappa shape index (κ2) is 7.65. The lowest BCUT2D eigenvalue weighted by Gasteiger charge is -2.30. The standard InChI is InChI=1S/C17H20N6O7S/c18-16-20-14-13(19-6-22(14)15-12(31)11(26)10(5-24)30-15)17(27,21-16)4-7-3-8(23(28)29)1-2-9(7)25/h1-3,6,10-12,15,24-27,31H,4-5H2,(H3,18,20,21)/t10-,11-,12-,15-,17?/m1/s1. The third-order valence-corrected chi connectivity index (χ3v) is 5.79. The number of nitro groups is 1. The Balaban J connectivity index is 1.72. The van der Waals surface area contributed by atoms with E-state index in [1.807, 2.05) is 0 Å². The predicted molar refractivity (Wildman–Crippen MR) is 110 cm³/mol. The molecule has 0 amide bonds. The highest BCUT2D eigenvalue weighted by molar-refractivity contribution is 7.81. The van der Waals surface area contributed by atoms with E-state index in [1.165, 1.54) is 10.9 Å². The van der Waals surface area contributed by atoms with E-state index < -0.39 is 40.9 Å².